The van der Waals surface area contributed by atoms with E-state index < -0.39 is 11.9 Å². The summed E-state index contributed by atoms with van der Waals surface area (Å²) in [7, 11) is 0. The average Bonchev–Trinajstić information content (AvgIpc) is 2.59. The van der Waals surface area contributed by atoms with Crippen LogP contribution in [0.1, 0.15) is 47.4 Å². The van der Waals surface area contributed by atoms with Gasteiger partial charge in [0.15, 0.2) is 0 Å². The smallest absolute Gasteiger partial charge is 0.343 e. The zero-order valence-electron chi connectivity index (χ0n) is 14.0. The predicted molar refractivity (Wildman–Crippen MR) is 92.2 cm³/mol. The molecule has 0 saturated heterocycles. The first kappa shape index (κ1) is 17.7. The van der Waals surface area contributed by atoms with Crippen molar-refractivity contribution in [2.75, 3.05) is 6.61 Å². The Bertz CT molecular complexity index is 677. The third-order valence-corrected chi connectivity index (χ3v) is 3.45. The summed E-state index contributed by atoms with van der Waals surface area (Å²) < 4.78 is 10.5. The van der Waals surface area contributed by atoms with Crippen LogP contribution in [0.25, 0.3) is 0 Å². The fourth-order valence-electron chi connectivity index (χ4n) is 2.17. The van der Waals surface area contributed by atoms with Gasteiger partial charge in [0.1, 0.15) is 5.75 Å². The molecule has 0 amide bonds. The Kier molecular flexibility index (Phi) is 6.55. The summed E-state index contributed by atoms with van der Waals surface area (Å²) in [5.74, 6) is 0.118. The summed E-state index contributed by atoms with van der Waals surface area (Å²) in [5, 5.41) is 0. The van der Waals surface area contributed by atoms with Crippen molar-refractivity contribution in [3.05, 3.63) is 65.7 Å². The molecule has 0 spiro atoms. The number of hydrogen-bond acceptors (Lipinski definition) is 4. The van der Waals surface area contributed by atoms with Gasteiger partial charge >= 0.3 is 11.9 Å². The molecule has 2 aromatic carbocycles. The van der Waals surface area contributed by atoms with Gasteiger partial charge in [0.25, 0.3) is 0 Å². The van der Waals surface area contributed by atoms with Crippen molar-refractivity contribution in [3.63, 3.8) is 0 Å². The first-order valence-electron chi connectivity index (χ1n) is 8.10. The first-order valence-corrected chi connectivity index (χ1v) is 8.10. The minimum absolute atomic E-state index is 0.315. The summed E-state index contributed by atoms with van der Waals surface area (Å²) in [6.07, 6.45) is 1.84. The molecule has 0 unspecified atom stereocenters. The molecule has 0 heterocycles. The number of carbonyl (C=O) groups is 2. The summed E-state index contributed by atoms with van der Waals surface area (Å²) >= 11 is 0. The lowest BCUT2D eigenvalue weighted by Gasteiger charge is -2.08. The monoisotopic (exact) mass is 326 g/mol. The van der Waals surface area contributed by atoms with E-state index in [1.54, 1.807) is 42.5 Å². The number of esters is 2. The number of hydrogen-bond donors (Lipinski definition) is 0. The molecule has 0 N–H and O–H groups in total. The molecule has 0 saturated carbocycles. The predicted octanol–water partition coefficient (Wildman–Crippen LogP) is 4.50. The first-order chi connectivity index (χ1) is 11.6. The Labute approximate surface area is 142 Å². The molecule has 0 fully saturated rings. The fourth-order valence-corrected chi connectivity index (χ4v) is 2.17. The maximum atomic E-state index is 12.1. The zero-order valence-corrected chi connectivity index (χ0v) is 14.0. The lowest BCUT2D eigenvalue weighted by molar-refractivity contribution is 0.0494. The molecule has 126 valence electrons. The molecule has 0 aliphatic heterocycles. The van der Waals surface area contributed by atoms with Crippen LogP contribution in [-0.4, -0.2) is 18.5 Å². The van der Waals surface area contributed by atoms with Crippen molar-refractivity contribution in [2.24, 2.45) is 5.92 Å². The van der Waals surface area contributed by atoms with Crippen molar-refractivity contribution in [3.8, 4) is 5.75 Å². The van der Waals surface area contributed by atoms with Gasteiger partial charge in [-0.3, -0.25) is 0 Å². The zero-order chi connectivity index (χ0) is 17.4. The van der Waals surface area contributed by atoms with Gasteiger partial charge in [-0.15, -0.1) is 0 Å². The van der Waals surface area contributed by atoms with Gasteiger partial charge in [0, 0.05) is 0 Å². The third-order valence-electron chi connectivity index (χ3n) is 3.45. The Hall–Kier alpha value is -2.62. The molecular formula is C20H22O4. The number of ether oxygens (including phenoxy) is 2. The van der Waals surface area contributed by atoms with Crippen LogP contribution >= 0.6 is 0 Å². The van der Waals surface area contributed by atoms with Gasteiger partial charge in [-0.05, 0) is 49.1 Å². The van der Waals surface area contributed by atoms with E-state index in [1.807, 2.05) is 6.07 Å². The normalized spacial score (nSPS) is 10.5. The minimum atomic E-state index is -0.504. The van der Waals surface area contributed by atoms with Gasteiger partial charge in [0.05, 0.1) is 17.7 Å². The van der Waals surface area contributed by atoms with Crippen molar-refractivity contribution < 1.29 is 19.1 Å². The largest absolute Gasteiger partial charge is 0.462 e. The van der Waals surface area contributed by atoms with Crippen molar-refractivity contribution >= 4 is 11.9 Å². The highest BCUT2D eigenvalue weighted by Gasteiger charge is 2.13. The van der Waals surface area contributed by atoms with Gasteiger partial charge in [-0.1, -0.05) is 38.1 Å². The van der Waals surface area contributed by atoms with E-state index in [-0.39, 0.29) is 0 Å². The number of benzene rings is 2. The maximum absolute atomic E-state index is 12.1. The molecule has 2 rings (SSSR count). The summed E-state index contributed by atoms with van der Waals surface area (Å²) in [4.78, 5) is 24.2. The molecule has 4 heteroatoms. The van der Waals surface area contributed by atoms with Crippen molar-refractivity contribution in [1.82, 2.24) is 0 Å². The molecule has 2 aromatic rings. The van der Waals surface area contributed by atoms with Gasteiger partial charge in [0.2, 0.25) is 0 Å². The van der Waals surface area contributed by atoms with Crippen LogP contribution in [0, 0.1) is 5.92 Å². The highest BCUT2D eigenvalue weighted by atomic mass is 16.5. The van der Waals surface area contributed by atoms with E-state index in [4.69, 9.17) is 9.47 Å². The lowest BCUT2D eigenvalue weighted by atomic mass is 10.1. The van der Waals surface area contributed by atoms with E-state index in [0.717, 1.165) is 12.8 Å². The lowest BCUT2D eigenvalue weighted by Crippen LogP contribution is -2.11. The highest BCUT2D eigenvalue weighted by molar-refractivity contribution is 5.96. The van der Waals surface area contributed by atoms with E-state index in [2.05, 4.69) is 13.8 Å². The van der Waals surface area contributed by atoms with E-state index in [0.29, 0.717) is 29.4 Å². The molecule has 0 aromatic heterocycles. The third kappa shape index (κ3) is 5.54. The molecule has 0 bridgehead atoms. The van der Waals surface area contributed by atoms with Gasteiger partial charge in [-0.25, -0.2) is 9.59 Å². The fraction of sp³-hybridized carbons (Fsp3) is 0.300. The van der Waals surface area contributed by atoms with Crippen LogP contribution in [0.15, 0.2) is 54.6 Å². The van der Waals surface area contributed by atoms with Crippen molar-refractivity contribution in [2.45, 2.75) is 26.7 Å². The molecule has 4 nitrogen and oxygen atoms in total. The molecular weight excluding hydrogens is 304 g/mol. The quantitative estimate of drug-likeness (QED) is 0.427. The molecule has 0 aliphatic rings. The number of carbonyl (C=O) groups excluding carboxylic acids is 2. The van der Waals surface area contributed by atoms with Crippen LogP contribution in [0.3, 0.4) is 0 Å². The van der Waals surface area contributed by atoms with E-state index >= 15 is 0 Å². The SMILES string of the molecule is CC(C)CCCOC(=O)c1cccc(C(=O)Oc2ccccc2)c1. The minimum Gasteiger partial charge on any atom is -0.462 e. The number of rotatable bonds is 7. The Morgan fingerprint density at radius 3 is 2.25 bits per heavy atom. The van der Waals surface area contributed by atoms with E-state index in [1.165, 1.54) is 6.07 Å². The van der Waals surface area contributed by atoms with Gasteiger partial charge in [-0.2, -0.15) is 0 Å². The van der Waals surface area contributed by atoms with Crippen LogP contribution in [0.5, 0.6) is 5.75 Å². The summed E-state index contributed by atoms with van der Waals surface area (Å²) in [6.45, 7) is 4.64. The van der Waals surface area contributed by atoms with Gasteiger partial charge < -0.3 is 9.47 Å². The molecule has 0 radical (unpaired) electrons. The molecule has 0 atom stereocenters. The highest BCUT2D eigenvalue weighted by Crippen LogP contribution is 2.14. The topological polar surface area (TPSA) is 52.6 Å². The second-order valence-electron chi connectivity index (χ2n) is 5.96. The average molecular weight is 326 g/mol. The molecule has 0 aliphatic carbocycles. The van der Waals surface area contributed by atoms with Crippen LogP contribution in [-0.2, 0) is 4.74 Å². The Balaban J connectivity index is 1.95. The summed E-state index contributed by atoms with van der Waals surface area (Å²) in [6, 6.07) is 15.2. The Morgan fingerprint density at radius 2 is 1.58 bits per heavy atom. The van der Waals surface area contributed by atoms with Crippen LogP contribution in [0.4, 0.5) is 0 Å². The molecule has 24 heavy (non-hydrogen) atoms. The maximum Gasteiger partial charge on any atom is 0.343 e. The van der Waals surface area contributed by atoms with Crippen LogP contribution in [0.2, 0.25) is 0 Å². The van der Waals surface area contributed by atoms with E-state index in [9.17, 15) is 9.59 Å². The van der Waals surface area contributed by atoms with Crippen molar-refractivity contribution in [1.29, 1.82) is 0 Å². The standard InChI is InChI=1S/C20H22O4/c1-15(2)8-7-13-23-19(21)16-9-6-10-17(14-16)20(22)24-18-11-4-3-5-12-18/h3-6,9-12,14-15H,7-8,13H2,1-2H3. The second kappa shape index (κ2) is 8.87. The summed E-state index contributed by atoms with van der Waals surface area (Å²) in [5.41, 5.74) is 0.664. The second-order valence-corrected chi connectivity index (χ2v) is 5.96. The Morgan fingerprint density at radius 1 is 0.917 bits per heavy atom. The number of para-hydroxylation sites is 1. The van der Waals surface area contributed by atoms with Crippen LogP contribution < -0.4 is 4.74 Å².